The lowest BCUT2D eigenvalue weighted by Gasteiger charge is -2.26. The highest BCUT2D eigenvalue weighted by Crippen LogP contribution is 2.22. The molecule has 2 rings (SSSR count). The zero-order valence-electron chi connectivity index (χ0n) is 11.4. The molecule has 0 saturated carbocycles. The average molecular weight is 313 g/mol. The van der Waals surface area contributed by atoms with Crippen LogP contribution in [-0.4, -0.2) is 30.8 Å². The van der Waals surface area contributed by atoms with E-state index in [-0.39, 0.29) is 4.99 Å². The van der Waals surface area contributed by atoms with E-state index in [2.05, 4.69) is 4.72 Å². The quantitative estimate of drug-likeness (QED) is 0.831. The lowest BCUT2D eigenvalue weighted by atomic mass is 10.1. The predicted octanol–water partition coefficient (Wildman–Crippen LogP) is 1.77. The molecule has 0 amide bonds. The first-order valence-electron chi connectivity index (χ1n) is 6.59. The maximum atomic E-state index is 12.4. The Kier molecular flexibility index (Phi) is 4.62. The Labute approximate surface area is 125 Å². The van der Waals surface area contributed by atoms with Crippen molar-refractivity contribution in [2.24, 2.45) is 5.73 Å². The molecule has 1 aliphatic rings. The highest BCUT2D eigenvalue weighted by Gasteiger charge is 2.25. The lowest BCUT2D eigenvalue weighted by Crippen LogP contribution is -2.39. The first-order valence-corrected chi connectivity index (χ1v) is 8.44. The maximum absolute atomic E-state index is 12.4. The molecule has 20 heavy (non-hydrogen) atoms. The number of thiocarbonyl (C=S) groups is 1. The van der Waals surface area contributed by atoms with E-state index in [0.29, 0.717) is 24.3 Å². The van der Waals surface area contributed by atoms with Gasteiger partial charge in [0.1, 0.15) is 4.99 Å². The molecule has 0 bridgehead atoms. The van der Waals surface area contributed by atoms with Gasteiger partial charge in [-0.2, -0.15) is 12.7 Å². The van der Waals surface area contributed by atoms with Crippen LogP contribution in [-0.2, 0) is 10.2 Å². The summed E-state index contributed by atoms with van der Waals surface area (Å²) in [6.07, 6.45) is 2.88. The molecule has 0 aliphatic carbocycles. The molecule has 7 heteroatoms. The van der Waals surface area contributed by atoms with Gasteiger partial charge in [0, 0.05) is 18.7 Å². The van der Waals surface area contributed by atoms with Gasteiger partial charge in [-0.25, -0.2) is 0 Å². The normalized spacial score (nSPS) is 16.9. The number of benzene rings is 1. The SMILES string of the molecule is Cc1cccc(NS(=O)(=O)N2CCCCC2)c1C(N)=S. The monoisotopic (exact) mass is 313 g/mol. The molecule has 1 saturated heterocycles. The second kappa shape index (κ2) is 6.07. The van der Waals surface area contributed by atoms with E-state index >= 15 is 0 Å². The summed E-state index contributed by atoms with van der Waals surface area (Å²) in [4.78, 5) is 0.194. The number of anilines is 1. The Morgan fingerprint density at radius 2 is 1.95 bits per heavy atom. The number of aryl methyl sites for hydroxylation is 1. The fourth-order valence-corrected chi connectivity index (χ4v) is 3.98. The van der Waals surface area contributed by atoms with Crippen LogP contribution in [0.25, 0.3) is 0 Å². The maximum Gasteiger partial charge on any atom is 0.301 e. The van der Waals surface area contributed by atoms with Gasteiger partial charge in [-0.3, -0.25) is 4.72 Å². The first kappa shape index (κ1) is 15.2. The predicted molar refractivity (Wildman–Crippen MR) is 85.0 cm³/mol. The zero-order valence-corrected chi connectivity index (χ0v) is 13.1. The van der Waals surface area contributed by atoms with E-state index in [1.165, 1.54) is 4.31 Å². The van der Waals surface area contributed by atoms with Gasteiger partial charge in [0.25, 0.3) is 0 Å². The van der Waals surface area contributed by atoms with E-state index < -0.39 is 10.2 Å². The molecule has 110 valence electrons. The molecule has 0 radical (unpaired) electrons. The fourth-order valence-electron chi connectivity index (χ4n) is 2.39. The minimum atomic E-state index is -3.54. The van der Waals surface area contributed by atoms with Crippen molar-refractivity contribution < 1.29 is 8.42 Å². The van der Waals surface area contributed by atoms with Crippen molar-refractivity contribution in [1.29, 1.82) is 0 Å². The van der Waals surface area contributed by atoms with Crippen molar-refractivity contribution in [2.45, 2.75) is 26.2 Å². The zero-order chi connectivity index (χ0) is 14.8. The summed E-state index contributed by atoms with van der Waals surface area (Å²) >= 11 is 5.01. The summed E-state index contributed by atoms with van der Waals surface area (Å²) in [6.45, 7) is 2.97. The number of hydrogen-bond donors (Lipinski definition) is 2. The van der Waals surface area contributed by atoms with Crippen LogP contribution in [0.4, 0.5) is 5.69 Å². The molecule has 0 aromatic heterocycles. The molecule has 1 aromatic carbocycles. The van der Waals surface area contributed by atoms with Crippen molar-refractivity contribution in [3.8, 4) is 0 Å². The van der Waals surface area contributed by atoms with E-state index in [0.717, 1.165) is 24.8 Å². The third-order valence-electron chi connectivity index (χ3n) is 3.41. The molecular weight excluding hydrogens is 294 g/mol. The summed E-state index contributed by atoms with van der Waals surface area (Å²) in [6, 6.07) is 5.32. The number of piperidine rings is 1. The highest BCUT2D eigenvalue weighted by molar-refractivity contribution is 7.90. The van der Waals surface area contributed by atoms with Crippen molar-refractivity contribution in [2.75, 3.05) is 17.8 Å². The van der Waals surface area contributed by atoms with Gasteiger partial charge in [0.05, 0.1) is 5.69 Å². The number of nitrogens with two attached hydrogens (primary N) is 1. The number of rotatable bonds is 4. The fraction of sp³-hybridized carbons (Fsp3) is 0.462. The summed E-state index contributed by atoms with van der Waals surface area (Å²) in [7, 11) is -3.54. The molecule has 1 aliphatic heterocycles. The minimum Gasteiger partial charge on any atom is -0.389 e. The van der Waals surface area contributed by atoms with Gasteiger partial charge >= 0.3 is 10.2 Å². The molecule has 1 heterocycles. The molecule has 1 aromatic rings. The molecular formula is C13H19N3O2S2. The second-order valence-corrected chi connectivity index (χ2v) is 7.04. The van der Waals surface area contributed by atoms with E-state index in [1.54, 1.807) is 12.1 Å². The largest absolute Gasteiger partial charge is 0.389 e. The van der Waals surface area contributed by atoms with Crippen LogP contribution in [0.2, 0.25) is 0 Å². The van der Waals surface area contributed by atoms with Crippen LogP contribution in [0.3, 0.4) is 0 Å². The topological polar surface area (TPSA) is 75.4 Å². The third kappa shape index (κ3) is 3.28. The van der Waals surface area contributed by atoms with E-state index in [1.807, 2.05) is 13.0 Å². The van der Waals surface area contributed by atoms with Gasteiger partial charge in [-0.1, -0.05) is 30.8 Å². The Balaban J connectivity index is 2.29. The van der Waals surface area contributed by atoms with Gasteiger partial charge in [0.15, 0.2) is 0 Å². The van der Waals surface area contributed by atoms with Crippen molar-refractivity contribution in [3.05, 3.63) is 29.3 Å². The summed E-state index contributed by atoms with van der Waals surface area (Å²) in [5.74, 6) is 0. The first-order chi connectivity index (χ1) is 9.42. The third-order valence-corrected chi connectivity index (χ3v) is 5.14. The Morgan fingerprint density at radius 1 is 1.30 bits per heavy atom. The van der Waals surface area contributed by atoms with Crippen molar-refractivity contribution in [3.63, 3.8) is 0 Å². The molecule has 0 spiro atoms. The number of hydrogen-bond acceptors (Lipinski definition) is 3. The molecule has 3 N–H and O–H groups in total. The minimum absolute atomic E-state index is 0.194. The Bertz CT molecular complexity index is 608. The molecule has 1 fully saturated rings. The standard InChI is InChI=1S/C13H19N3O2S2/c1-10-6-5-7-11(12(10)13(14)19)15-20(17,18)16-8-3-2-4-9-16/h5-7,15H,2-4,8-9H2,1H3,(H2,14,19). The highest BCUT2D eigenvalue weighted by atomic mass is 32.2. The van der Waals surface area contributed by atoms with Crippen LogP contribution in [0.5, 0.6) is 0 Å². The van der Waals surface area contributed by atoms with Gasteiger partial charge in [0.2, 0.25) is 0 Å². The van der Waals surface area contributed by atoms with Crippen LogP contribution in [0.15, 0.2) is 18.2 Å². The van der Waals surface area contributed by atoms with Crippen LogP contribution in [0.1, 0.15) is 30.4 Å². The number of nitrogens with one attached hydrogen (secondary N) is 1. The van der Waals surface area contributed by atoms with Crippen LogP contribution in [0, 0.1) is 6.92 Å². The van der Waals surface area contributed by atoms with Gasteiger partial charge < -0.3 is 5.73 Å². The molecule has 5 nitrogen and oxygen atoms in total. The average Bonchev–Trinajstić information content (AvgIpc) is 2.39. The summed E-state index contributed by atoms with van der Waals surface area (Å²) in [5.41, 5.74) is 7.59. The van der Waals surface area contributed by atoms with Crippen molar-refractivity contribution >= 4 is 33.1 Å². The van der Waals surface area contributed by atoms with Crippen LogP contribution >= 0.6 is 12.2 Å². The smallest absolute Gasteiger partial charge is 0.301 e. The van der Waals surface area contributed by atoms with Gasteiger partial charge in [-0.05, 0) is 31.4 Å². The summed E-state index contributed by atoms with van der Waals surface area (Å²) < 4.78 is 28.8. The number of nitrogens with zero attached hydrogens (tertiary/aromatic N) is 1. The van der Waals surface area contributed by atoms with E-state index in [9.17, 15) is 8.42 Å². The Hall–Kier alpha value is -1.18. The van der Waals surface area contributed by atoms with Gasteiger partial charge in [-0.15, -0.1) is 0 Å². The van der Waals surface area contributed by atoms with Crippen LogP contribution < -0.4 is 10.5 Å². The summed E-state index contributed by atoms with van der Waals surface area (Å²) in [5, 5.41) is 0. The van der Waals surface area contributed by atoms with E-state index in [4.69, 9.17) is 18.0 Å². The molecule has 0 unspecified atom stereocenters. The van der Waals surface area contributed by atoms with Crippen molar-refractivity contribution in [1.82, 2.24) is 4.31 Å². The molecule has 0 atom stereocenters. The Morgan fingerprint density at radius 3 is 2.55 bits per heavy atom. The lowest BCUT2D eigenvalue weighted by molar-refractivity contribution is 0.349. The second-order valence-electron chi connectivity index (χ2n) is 4.93.